The van der Waals surface area contributed by atoms with E-state index in [0.29, 0.717) is 11.8 Å². The topological polar surface area (TPSA) is 33.2 Å². The van der Waals surface area contributed by atoms with Gasteiger partial charge in [-0.25, -0.2) is 0 Å². The van der Waals surface area contributed by atoms with E-state index in [1.54, 1.807) is 17.0 Å². The number of hydrogen-bond acceptors (Lipinski definition) is 2. The van der Waals surface area contributed by atoms with Crippen LogP contribution in [0.4, 0.5) is 0 Å². The van der Waals surface area contributed by atoms with Crippen LogP contribution < -0.4 is 0 Å². The van der Waals surface area contributed by atoms with E-state index in [1.165, 1.54) is 6.26 Å². The molecule has 0 radical (unpaired) electrons. The fourth-order valence-corrected chi connectivity index (χ4v) is 1.06. The van der Waals surface area contributed by atoms with Crippen LogP contribution in [-0.4, -0.2) is 23.4 Å². The first-order valence-corrected chi connectivity index (χ1v) is 3.63. The summed E-state index contributed by atoms with van der Waals surface area (Å²) in [5.74, 6) is 0.442. The van der Waals surface area contributed by atoms with Crippen molar-refractivity contribution in [1.29, 1.82) is 0 Å². The summed E-state index contributed by atoms with van der Waals surface area (Å²) >= 11 is 0. The Morgan fingerprint density at radius 2 is 2.55 bits per heavy atom. The SMILES string of the molecule is CC1CN1C(=O)c1ccco1. The summed E-state index contributed by atoms with van der Waals surface area (Å²) in [4.78, 5) is 13.1. The van der Waals surface area contributed by atoms with Gasteiger partial charge in [-0.1, -0.05) is 0 Å². The number of rotatable bonds is 1. The van der Waals surface area contributed by atoms with E-state index in [1.807, 2.05) is 6.92 Å². The molecule has 1 atom stereocenters. The minimum Gasteiger partial charge on any atom is -0.459 e. The summed E-state index contributed by atoms with van der Waals surface area (Å²) in [5, 5.41) is 0. The Labute approximate surface area is 64.6 Å². The molecule has 1 unspecified atom stereocenters. The molecule has 1 aromatic rings. The minimum atomic E-state index is 0.00231. The van der Waals surface area contributed by atoms with Crippen molar-refractivity contribution in [3.63, 3.8) is 0 Å². The van der Waals surface area contributed by atoms with Gasteiger partial charge in [-0.2, -0.15) is 0 Å². The van der Waals surface area contributed by atoms with Crippen LogP contribution in [0, 0.1) is 0 Å². The molecule has 0 saturated carbocycles. The van der Waals surface area contributed by atoms with Crippen molar-refractivity contribution in [2.45, 2.75) is 13.0 Å². The Kier molecular flexibility index (Phi) is 1.24. The Morgan fingerprint density at radius 3 is 3.00 bits per heavy atom. The molecule has 1 aliphatic heterocycles. The zero-order valence-corrected chi connectivity index (χ0v) is 6.28. The van der Waals surface area contributed by atoms with E-state index in [2.05, 4.69) is 0 Å². The van der Waals surface area contributed by atoms with Gasteiger partial charge < -0.3 is 9.32 Å². The van der Waals surface area contributed by atoms with Crippen LogP contribution in [0.2, 0.25) is 0 Å². The second kappa shape index (κ2) is 2.12. The zero-order valence-electron chi connectivity index (χ0n) is 6.28. The van der Waals surface area contributed by atoms with Gasteiger partial charge in [-0.05, 0) is 19.1 Å². The van der Waals surface area contributed by atoms with Crippen molar-refractivity contribution in [2.24, 2.45) is 0 Å². The number of hydrogen-bond donors (Lipinski definition) is 0. The van der Waals surface area contributed by atoms with Gasteiger partial charge in [-0.15, -0.1) is 0 Å². The predicted octanol–water partition coefficient (Wildman–Crippen LogP) is 1.12. The van der Waals surface area contributed by atoms with E-state index in [-0.39, 0.29) is 5.91 Å². The van der Waals surface area contributed by atoms with Gasteiger partial charge in [0, 0.05) is 12.6 Å². The fraction of sp³-hybridized carbons (Fsp3) is 0.375. The summed E-state index contributed by atoms with van der Waals surface area (Å²) < 4.78 is 4.95. The molecule has 2 rings (SSSR count). The summed E-state index contributed by atoms with van der Waals surface area (Å²) in [6, 6.07) is 3.81. The van der Waals surface area contributed by atoms with Crippen molar-refractivity contribution < 1.29 is 9.21 Å². The minimum absolute atomic E-state index is 0.00231. The van der Waals surface area contributed by atoms with Gasteiger partial charge >= 0.3 is 0 Å². The highest BCUT2D eigenvalue weighted by Gasteiger charge is 2.35. The summed E-state index contributed by atoms with van der Waals surface area (Å²) in [7, 11) is 0. The van der Waals surface area contributed by atoms with Crippen LogP contribution in [0.15, 0.2) is 22.8 Å². The van der Waals surface area contributed by atoms with Crippen molar-refractivity contribution in [3.05, 3.63) is 24.2 Å². The maximum absolute atomic E-state index is 11.3. The zero-order chi connectivity index (χ0) is 7.84. The molecule has 3 heteroatoms. The van der Waals surface area contributed by atoms with E-state index in [9.17, 15) is 4.79 Å². The lowest BCUT2D eigenvalue weighted by Gasteiger charge is -1.96. The average molecular weight is 151 g/mol. The van der Waals surface area contributed by atoms with Crippen molar-refractivity contribution >= 4 is 5.91 Å². The highest BCUT2D eigenvalue weighted by molar-refractivity contribution is 5.93. The monoisotopic (exact) mass is 151 g/mol. The third-order valence-electron chi connectivity index (χ3n) is 1.85. The molecule has 0 N–H and O–H groups in total. The number of carbonyl (C=O) groups excluding carboxylic acids is 1. The molecule has 0 spiro atoms. The number of carbonyl (C=O) groups is 1. The maximum atomic E-state index is 11.3. The number of nitrogens with zero attached hydrogens (tertiary/aromatic N) is 1. The largest absolute Gasteiger partial charge is 0.459 e. The first kappa shape index (κ1) is 6.46. The Bertz CT molecular complexity index is 266. The molecule has 1 aromatic heterocycles. The van der Waals surface area contributed by atoms with Crippen LogP contribution in [0.5, 0.6) is 0 Å². The summed E-state index contributed by atoms with van der Waals surface area (Å²) in [6.45, 7) is 2.88. The van der Waals surface area contributed by atoms with Gasteiger partial charge in [0.1, 0.15) is 0 Å². The van der Waals surface area contributed by atoms with Gasteiger partial charge in [0.2, 0.25) is 0 Å². The van der Waals surface area contributed by atoms with Crippen LogP contribution in [0.1, 0.15) is 17.5 Å². The highest BCUT2D eigenvalue weighted by Crippen LogP contribution is 2.19. The van der Waals surface area contributed by atoms with E-state index < -0.39 is 0 Å². The fourth-order valence-electron chi connectivity index (χ4n) is 1.06. The van der Waals surface area contributed by atoms with E-state index in [0.717, 1.165) is 6.54 Å². The molecule has 58 valence electrons. The van der Waals surface area contributed by atoms with Crippen LogP contribution >= 0.6 is 0 Å². The molecule has 3 nitrogen and oxygen atoms in total. The quantitative estimate of drug-likeness (QED) is 0.563. The average Bonchev–Trinajstić information content (AvgIpc) is 2.56. The van der Waals surface area contributed by atoms with Crippen LogP contribution in [0.3, 0.4) is 0 Å². The van der Waals surface area contributed by atoms with Crippen LogP contribution in [0.25, 0.3) is 0 Å². The standard InChI is InChI=1S/C8H9NO2/c1-6-5-9(6)8(10)7-3-2-4-11-7/h2-4,6H,5H2,1H3. The van der Waals surface area contributed by atoms with Crippen LogP contribution in [-0.2, 0) is 0 Å². The van der Waals surface area contributed by atoms with Gasteiger partial charge in [0.05, 0.1) is 6.26 Å². The predicted molar refractivity (Wildman–Crippen MR) is 39.2 cm³/mol. The summed E-state index contributed by atoms with van der Waals surface area (Å²) in [6.07, 6.45) is 1.52. The number of amides is 1. The molecule has 11 heavy (non-hydrogen) atoms. The van der Waals surface area contributed by atoms with Gasteiger partial charge in [-0.3, -0.25) is 4.79 Å². The molecule has 1 saturated heterocycles. The second-order valence-corrected chi connectivity index (χ2v) is 2.78. The third kappa shape index (κ3) is 1.02. The Hall–Kier alpha value is -1.25. The van der Waals surface area contributed by atoms with Gasteiger partial charge in [0.25, 0.3) is 5.91 Å². The van der Waals surface area contributed by atoms with Gasteiger partial charge in [0.15, 0.2) is 5.76 Å². The van der Waals surface area contributed by atoms with Crippen molar-refractivity contribution in [1.82, 2.24) is 4.90 Å². The lowest BCUT2D eigenvalue weighted by Crippen LogP contribution is -2.11. The van der Waals surface area contributed by atoms with E-state index in [4.69, 9.17) is 4.42 Å². The molecule has 1 fully saturated rings. The van der Waals surface area contributed by atoms with E-state index >= 15 is 0 Å². The number of furan rings is 1. The first-order chi connectivity index (χ1) is 5.29. The smallest absolute Gasteiger partial charge is 0.289 e. The molecular weight excluding hydrogens is 142 g/mol. The lowest BCUT2D eigenvalue weighted by atomic mass is 10.4. The molecular formula is C8H9NO2. The van der Waals surface area contributed by atoms with Crippen molar-refractivity contribution in [2.75, 3.05) is 6.54 Å². The first-order valence-electron chi connectivity index (χ1n) is 3.63. The molecule has 1 amide bonds. The summed E-state index contributed by atoms with van der Waals surface area (Å²) in [5.41, 5.74) is 0. The molecule has 2 heterocycles. The van der Waals surface area contributed by atoms with Crippen molar-refractivity contribution in [3.8, 4) is 0 Å². The second-order valence-electron chi connectivity index (χ2n) is 2.78. The Morgan fingerprint density at radius 1 is 1.82 bits per heavy atom. The normalized spacial score (nSPS) is 21.9. The third-order valence-corrected chi connectivity index (χ3v) is 1.85. The highest BCUT2D eigenvalue weighted by atomic mass is 16.3. The Balaban J connectivity index is 2.13. The molecule has 0 bridgehead atoms. The maximum Gasteiger partial charge on any atom is 0.289 e. The lowest BCUT2D eigenvalue weighted by molar-refractivity contribution is 0.0846. The molecule has 1 aliphatic rings. The molecule has 0 aliphatic carbocycles. The molecule has 0 aromatic carbocycles.